The van der Waals surface area contributed by atoms with E-state index in [1.165, 1.54) is 13.2 Å². The van der Waals surface area contributed by atoms with E-state index in [1.54, 1.807) is 27.7 Å². The molecule has 19 heavy (non-hydrogen) atoms. The first-order valence-electron chi connectivity index (χ1n) is 5.62. The Morgan fingerprint density at radius 2 is 1.68 bits per heavy atom. The number of nitro groups is 2. The Bertz CT molecular complexity index is 546. The van der Waals surface area contributed by atoms with Gasteiger partial charge in [-0.25, -0.2) is 0 Å². The van der Waals surface area contributed by atoms with Crippen molar-refractivity contribution < 1.29 is 14.6 Å². The van der Waals surface area contributed by atoms with Gasteiger partial charge in [0, 0.05) is 17.0 Å². The molecule has 0 aliphatic rings. The molecule has 0 aliphatic carbocycles. The van der Waals surface area contributed by atoms with Gasteiger partial charge >= 0.3 is 5.69 Å². The van der Waals surface area contributed by atoms with Crippen molar-refractivity contribution >= 4 is 11.4 Å². The van der Waals surface area contributed by atoms with E-state index in [2.05, 4.69) is 0 Å². The molecule has 1 aromatic rings. The van der Waals surface area contributed by atoms with Crippen LogP contribution >= 0.6 is 0 Å². The molecule has 0 atom stereocenters. The molecule has 0 saturated heterocycles. The predicted octanol–water partition coefficient (Wildman–Crippen LogP) is 3.12. The number of hydrogen-bond acceptors (Lipinski definition) is 5. The van der Waals surface area contributed by atoms with Gasteiger partial charge in [-0.1, -0.05) is 20.8 Å². The van der Waals surface area contributed by atoms with Crippen molar-refractivity contribution in [2.75, 3.05) is 7.11 Å². The van der Waals surface area contributed by atoms with Crippen molar-refractivity contribution in [1.82, 2.24) is 0 Å². The molecule has 0 spiro atoms. The second-order valence-corrected chi connectivity index (χ2v) is 5.23. The number of rotatable bonds is 3. The highest BCUT2D eigenvalue weighted by Crippen LogP contribution is 2.45. The van der Waals surface area contributed by atoms with E-state index < -0.39 is 15.3 Å². The van der Waals surface area contributed by atoms with Crippen LogP contribution in [0.25, 0.3) is 0 Å². The Balaban J connectivity index is 3.91. The van der Waals surface area contributed by atoms with E-state index in [-0.39, 0.29) is 22.7 Å². The predicted molar refractivity (Wildman–Crippen MR) is 69.7 cm³/mol. The molecule has 7 heteroatoms. The molecule has 0 radical (unpaired) electrons. The zero-order valence-corrected chi connectivity index (χ0v) is 11.5. The van der Waals surface area contributed by atoms with Crippen LogP contribution in [0.15, 0.2) is 6.07 Å². The maximum atomic E-state index is 11.3. The third-order valence-electron chi connectivity index (χ3n) is 2.75. The van der Waals surface area contributed by atoms with E-state index in [9.17, 15) is 20.2 Å². The van der Waals surface area contributed by atoms with Crippen molar-refractivity contribution in [3.05, 3.63) is 37.4 Å². The Morgan fingerprint density at radius 1 is 1.16 bits per heavy atom. The van der Waals surface area contributed by atoms with Gasteiger partial charge in [0.25, 0.3) is 5.69 Å². The molecule has 0 N–H and O–H groups in total. The first kappa shape index (κ1) is 14.9. The smallest absolute Gasteiger partial charge is 0.321 e. The Hall–Kier alpha value is -2.18. The molecule has 0 aliphatic heterocycles. The van der Waals surface area contributed by atoms with Gasteiger partial charge in [-0.05, 0) is 6.92 Å². The highest BCUT2D eigenvalue weighted by molar-refractivity contribution is 5.67. The van der Waals surface area contributed by atoms with Crippen LogP contribution in [0.5, 0.6) is 5.75 Å². The molecular formula is C12H16N2O5. The lowest BCUT2D eigenvalue weighted by atomic mass is 9.83. The largest absolute Gasteiger partial charge is 0.490 e. The summed E-state index contributed by atoms with van der Waals surface area (Å²) in [6.45, 7) is 6.62. The van der Waals surface area contributed by atoms with Crippen LogP contribution in [0.3, 0.4) is 0 Å². The van der Waals surface area contributed by atoms with Crippen molar-refractivity contribution in [3.63, 3.8) is 0 Å². The number of aryl methyl sites for hydroxylation is 1. The van der Waals surface area contributed by atoms with Gasteiger partial charge in [-0.2, -0.15) is 0 Å². The fraction of sp³-hybridized carbons (Fsp3) is 0.500. The van der Waals surface area contributed by atoms with E-state index in [0.717, 1.165) is 0 Å². The summed E-state index contributed by atoms with van der Waals surface area (Å²) in [5.74, 6) is 0.0699. The summed E-state index contributed by atoms with van der Waals surface area (Å²) in [6.07, 6.45) is 0. The minimum Gasteiger partial charge on any atom is -0.490 e. The first-order chi connectivity index (χ1) is 8.61. The van der Waals surface area contributed by atoms with E-state index >= 15 is 0 Å². The third-order valence-corrected chi connectivity index (χ3v) is 2.75. The molecule has 7 nitrogen and oxygen atoms in total. The highest BCUT2D eigenvalue weighted by atomic mass is 16.6. The maximum absolute atomic E-state index is 11.3. The number of ether oxygens (including phenoxy) is 1. The highest BCUT2D eigenvalue weighted by Gasteiger charge is 2.38. The summed E-state index contributed by atoms with van der Waals surface area (Å²) in [6, 6.07) is 1.31. The van der Waals surface area contributed by atoms with Gasteiger partial charge in [-0.3, -0.25) is 20.2 Å². The van der Waals surface area contributed by atoms with Crippen molar-refractivity contribution in [3.8, 4) is 5.75 Å². The molecule has 0 bridgehead atoms. The lowest BCUT2D eigenvalue weighted by Gasteiger charge is -2.20. The summed E-state index contributed by atoms with van der Waals surface area (Å²) in [5.41, 5.74) is -0.885. The molecule has 0 fully saturated rings. The fourth-order valence-electron chi connectivity index (χ4n) is 2.08. The molecule has 1 rings (SSSR count). The van der Waals surface area contributed by atoms with Crippen LogP contribution in [-0.4, -0.2) is 17.0 Å². The van der Waals surface area contributed by atoms with Gasteiger partial charge in [0.1, 0.15) is 5.56 Å². The topological polar surface area (TPSA) is 95.5 Å². The lowest BCUT2D eigenvalue weighted by Crippen LogP contribution is -2.17. The monoisotopic (exact) mass is 268 g/mol. The molecule has 0 amide bonds. The summed E-state index contributed by atoms with van der Waals surface area (Å²) < 4.78 is 5.04. The standard InChI is InChI=1S/C12H16N2O5/c1-7-6-8(13(15)16)9(12(2,3)4)10(14(17)18)11(7)19-5/h6H,1-5H3. The number of benzene rings is 1. The normalized spacial score (nSPS) is 11.2. The SMILES string of the molecule is COc1c(C)cc([N+](=O)[O-])c(C(C)(C)C)c1[N+](=O)[O-]. The van der Waals surface area contributed by atoms with Crippen LogP contribution in [0.2, 0.25) is 0 Å². The molecule has 1 aromatic carbocycles. The summed E-state index contributed by atoms with van der Waals surface area (Å²) >= 11 is 0. The summed E-state index contributed by atoms with van der Waals surface area (Å²) in [7, 11) is 1.31. The molecule has 0 saturated carbocycles. The average Bonchev–Trinajstić information content (AvgIpc) is 2.25. The number of nitro benzene ring substituents is 2. The van der Waals surface area contributed by atoms with Crippen molar-refractivity contribution in [2.24, 2.45) is 0 Å². The molecule has 0 aromatic heterocycles. The van der Waals surface area contributed by atoms with Crippen LogP contribution in [0.4, 0.5) is 11.4 Å². The number of methoxy groups -OCH3 is 1. The first-order valence-corrected chi connectivity index (χ1v) is 5.62. The average molecular weight is 268 g/mol. The minimum absolute atomic E-state index is 0.0699. The fourth-order valence-corrected chi connectivity index (χ4v) is 2.08. The van der Waals surface area contributed by atoms with Crippen molar-refractivity contribution in [1.29, 1.82) is 0 Å². The zero-order chi connectivity index (χ0) is 15.0. The Labute approximate surface area is 110 Å². The van der Waals surface area contributed by atoms with Gasteiger partial charge in [0.15, 0.2) is 0 Å². The second-order valence-electron chi connectivity index (χ2n) is 5.23. The van der Waals surface area contributed by atoms with Gasteiger partial charge < -0.3 is 4.74 Å². The third kappa shape index (κ3) is 2.64. The zero-order valence-electron chi connectivity index (χ0n) is 11.5. The van der Waals surface area contributed by atoms with Crippen LogP contribution < -0.4 is 4.74 Å². The molecular weight excluding hydrogens is 252 g/mol. The van der Waals surface area contributed by atoms with Gasteiger partial charge in [0.2, 0.25) is 5.75 Å². The maximum Gasteiger partial charge on any atom is 0.321 e. The Morgan fingerprint density at radius 3 is 2.00 bits per heavy atom. The Kier molecular flexibility index (Phi) is 3.78. The number of nitrogens with zero attached hydrogens (tertiary/aromatic N) is 2. The van der Waals surface area contributed by atoms with Crippen LogP contribution in [-0.2, 0) is 5.41 Å². The van der Waals surface area contributed by atoms with Crippen molar-refractivity contribution in [2.45, 2.75) is 33.1 Å². The van der Waals surface area contributed by atoms with Gasteiger partial charge in [-0.15, -0.1) is 0 Å². The van der Waals surface area contributed by atoms with E-state index in [1.807, 2.05) is 0 Å². The molecule has 0 unspecified atom stereocenters. The molecule has 0 heterocycles. The van der Waals surface area contributed by atoms with Crippen LogP contribution in [0, 0.1) is 27.2 Å². The van der Waals surface area contributed by atoms with Crippen LogP contribution in [0.1, 0.15) is 31.9 Å². The summed E-state index contributed by atoms with van der Waals surface area (Å²) in [5, 5.41) is 22.4. The number of hydrogen-bond donors (Lipinski definition) is 0. The van der Waals surface area contributed by atoms with E-state index in [0.29, 0.717) is 5.56 Å². The van der Waals surface area contributed by atoms with Gasteiger partial charge in [0.05, 0.1) is 17.0 Å². The quantitative estimate of drug-likeness (QED) is 0.619. The van der Waals surface area contributed by atoms with E-state index in [4.69, 9.17) is 4.74 Å². The molecule has 104 valence electrons. The summed E-state index contributed by atoms with van der Waals surface area (Å²) in [4.78, 5) is 21.2. The lowest BCUT2D eigenvalue weighted by molar-refractivity contribution is -0.396. The second kappa shape index (κ2) is 4.83. The minimum atomic E-state index is -0.744.